The zero-order valence-electron chi connectivity index (χ0n) is 46.3. The van der Waals surface area contributed by atoms with E-state index in [9.17, 15) is 14.4 Å². The van der Waals surface area contributed by atoms with Crippen LogP contribution in [0.4, 0.5) is 0 Å². The molecule has 6 nitrogen and oxygen atoms in total. The van der Waals surface area contributed by atoms with Crippen LogP contribution in [0.2, 0.25) is 0 Å². The van der Waals surface area contributed by atoms with Crippen molar-refractivity contribution in [2.24, 2.45) is 0 Å². The fraction of sp³-hybridized carbons (Fsp3) is 0.766. The van der Waals surface area contributed by atoms with E-state index in [1.807, 2.05) is 0 Å². The third-order valence-electron chi connectivity index (χ3n) is 12.9. The van der Waals surface area contributed by atoms with E-state index in [1.165, 1.54) is 148 Å². The molecule has 0 N–H and O–H groups in total. The molecule has 0 saturated carbocycles. The number of hydrogen-bond acceptors (Lipinski definition) is 6. The van der Waals surface area contributed by atoms with Gasteiger partial charge in [-0.05, 0) is 89.9 Å². The summed E-state index contributed by atoms with van der Waals surface area (Å²) in [6.07, 6.45) is 74.8. The van der Waals surface area contributed by atoms with Crippen LogP contribution in [0, 0.1) is 0 Å². The van der Waals surface area contributed by atoms with Crippen molar-refractivity contribution in [1.29, 1.82) is 0 Å². The maximum atomic E-state index is 12.8. The van der Waals surface area contributed by atoms with E-state index in [0.717, 1.165) is 109 Å². The van der Waals surface area contributed by atoms with Crippen molar-refractivity contribution >= 4 is 17.9 Å². The number of carbonyl (C=O) groups is 3. The van der Waals surface area contributed by atoms with Gasteiger partial charge in [0.2, 0.25) is 0 Å². The molecule has 404 valence electrons. The third kappa shape index (κ3) is 55.8. The molecule has 0 aliphatic rings. The first-order valence-electron chi connectivity index (χ1n) is 29.9. The van der Waals surface area contributed by atoms with Gasteiger partial charge in [0.1, 0.15) is 13.2 Å². The highest BCUT2D eigenvalue weighted by molar-refractivity contribution is 5.71. The Morgan fingerprint density at radius 1 is 0.300 bits per heavy atom. The van der Waals surface area contributed by atoms with Crippen LogP contribution in [0.1, 0.15) is 297 Å². The molecule has 0 rings (SSSR count). The molecule has 6 heteroatoms. The Morgan fingerprint density at radius 3 is 0.886 bits per heavy atom. The highest BCUT2D eigenvalue weighted by Gasteiger charge is 2.19. The first kappa shape index (κ1) is 66.9. The Hall–Kier alpha value is -3.15. The smallest absolute Gasteiger partial charge is 0.306 e. The van der Waals surface area contributed by atoms with Gasteiger partial charge in [0, 0.05) is 19.3 Å². The second-order valence-electron chi connectivity index (χ2n) is 19.9. The molecular formula is C64H112O6. The second-order valence-corrected chi connectivity index (χ2v) is 19.9. The standard InChI is InChI=1S/C64H112O6/c1-4-7-10-13-16-19-21-23-25-27-28-29-30-31-32-33-34-35-36-37-39-40-42-45-48-51-54-57-63(66)69-60-61(59-68-62(65)56-53-50-47-44-18-15-12-9-6-3)70-64(67)58-55-52-49-46-43-41-38-26-24-22-20-17-14-11-8-5-2/h7,10,16,19-20,22-23,25-26,28-29,38,61H,4-6,8-9,11-15,17-18,21,24,27,30-37,39-60H2,1-3H3/b10-7-,19-16-,22-20-,25-23-,29-28-,38-26-. The van der Waals surface area contributed by atoms with Gasteiger partial charge in [-0.1, -0.05) is 261 Å². The molecule has 0 radical (unpaired) electrons. The van der Waals surface area contributed by atoms with Crippen molar-refractivity contribution in [1.82, 2.24) is 0 Å². The van der Waals surface area contributed by atoms with Gasteiger partial charge in [-0.2, -0.15) is 0 Å². The van der Waals surface area contributed by atoms with E-state index in [4.69, 9.17) is 14.2 Å². The minimum Gasteiger partial charge on any atom is -0.462 e. The lowest BCUT2D eigenvalue weighted by Crippen LogP contribution is -2.30. The van der Waals surface area contributed by atoms with E-state index in [2.05, 4.69) is 93.7 Å². The van der Waals surface area contributed by atoms with Crippen LogP contribution < -0.4 is 0 Å². The molecule has 1 unspecified atom stereocenters. The van der Waals surface area contributed by atoms with Gasteiger partial charge >= 0.3 is 17.9 Å². The summed E-state index contributed by atoms with van der Waals surface area (Å²) in [5.74, 6) is -0.885. The van der Waals surface area contributed by atoms with E-state index < -0.39 is 6.10 Å². The molecule has 0 amide bonds. The quantitative estimate of drug-likeness (QED) is 0.0261. The molecule has 0 saturated heterocycles. The number of rotatable bonds is 54. The van der Waals surface area contributed by atoms with Crippen molar-refractivity contribution in [3.8, 4) is 0 Å². The monoisotopic (exact) mass is 977 g/mol. The van der Waals surface area contributed by atoms with Gasteiger partial charge < -0.3 is 14.2 Å². The number of ether oxygens (including phenoxy) is 3. The first-order chi connectivity index (χ1) is 34.5. The maximum Gasteiger partial charge on any atom is 0.306 e. The van der Waals surface area contributed by atoms with E-state index in [0.29, 0.717) is 19.3 Å². The Kier molecular flexibility index (Phi) is 55.8. The molecule has 1 atom stereocenters. The highest BCUT2D eigenvalue weighted by atomic mass is 16.6. The Bertz CT molecular complexity index is 1310. The van der Waals surface area contributed by atoms with Crippen LogP contribution in [0.25, 0.3) is 0 Å². The lowest BCUT2D eigenvalue weighted by Gasteiger charge is -2.18. The fourth-order valence-electron chi connectivity index (χ4n) is 8.47. The van der Waals surface area contributed by atoms with Crippen LogP contribution in [-0.2, 0) is 28.6 Å². The van der Waals surface area contributed by atoms with Crippen molar-refractivity contribution < 1.29 is 28.6 Å². The first-order valence-corrected chi connectivity index (χ1v) is 29.9. The molecule has 0 aliphatic heterocycles. The number of allylic oxidation sites excluding steroid dienone is 12. The highest BCUT2D eigenvalue weighted by Crippen LogP contribution is 2.16. The van der Waals surface area contributed by atoms with E-state index in [-0.39, 0.29) is 31.1 Å². The molecule has 70 heavy (non-hydrogen) atoms. The number of unbranched alkanes of at least 4 members (excludes halogenated alkanes) is 31. The lowest BCUT2D eigenvalue weighted by atomic mass is 10.0. The van der Waals surface area contributed by atoms with Crippen LogP contribution in [0.3, 0.4) is 0 Å². The predicted molar refractivity (Wildman–Crippen MR) is 302 cm³/mol. The van der Waals surface area contributed by atoms with Crippen molar-refractivity contribution in [2.45, 2.75) is 303 Å². The summed E-state index contributed by atoms with van der Waals surface area (Å²) in [6, 6.07) is 0. The average molecular weight is 978 g/mol. The van der Waals surface area contributed by atoms with Crippen molar-refractivity contribution in [3.05, 3.63) is 72.9 Å². The minimum atomic E-state index is -0.779. The molecule has 0 fully saturated rings. The van der Waals surface area contributed by atoms with Crippen LogP contribution >= 0.6 is 0 Å². The SMILES string of the molecule is CC/C=C\C/C=C\C/C=C\C/C=C\CCCCCCCCCCCCCCCCC(=O)OCC(COC(=O)CCCCCCCCCCC)OC(=O)CCCCCCC/C=C\C/C=C\CCCCCC. The summed E-state index contributed by atoms with van der Waals surface area (Å²) in [6.45, 7) is 6.50. The minimum absolute atomic E-state index is 0.0781. The number of esters is 3. The third-order valence-corrected chi connectivity index (χ3v) is 12.9. The topological polar surface area (TPSA) is 78.9 Å². The Labute approximate surface area is 433 Å². The average Bonchev–Trinajstić information content (AvgIpc) is 3.36. The zero-order chi connectivity index (χ0) is 50.7. The molecule has 0 aromatic rings. The Morgan fingerprint density at radius 2 is 0.557 bits per heavy atom. The molecule has 0 aromatic heterocycles. The van der Waals surface area contributed by atoms with Crippen molar-refractivity contribution in [3.63, 3.8) is 0 Å². The van der Waals surface area contributed by atoms with Crippen LogP contribution in [0.5, 0.6) is 0 Å². The number of carbonyl (C=O) groups excluding carboxylic acids is 3. The predicted octanol–water partition coefficient (Wildman–Crippen LogP) is 20.2. The summed E-state index contributed by atoms with van der Waals surface area (Å²) in [7, 11) is 0. The summed E-state index contributed by atoms with van der Waals surface area (Å²) in [5.41, 5.74) is 0. The van der Waals surface area contributed by atoms with Gasteiger partial charge in [0.15, 0.2) is 6.10 Å². The van der Waals surface area contributed by atoms with Gasteiger partial charge in [0.05, 0.1) is 0 Å². The van der Waals surface area contributed by atoms with Gasteiger partial charge in [-0.15, -0.1) is 0 Å². The molecule has 0 aromatic carbocycles. The number of hydrogen-bond donors (Lipinski definition) is 0. The maximum absolute atomic E-state index is 12.8. The molecule has 0 spiro atoms. The molecule has 0 bridgehead atoms. The van der Waals surface area contributed by atoms with E-state index >= 15 is 0 Å². The zero-order valence-corrected chi connectivity index (χ0v) is 46.3. The Balaban J connectivity index is 4.18. The summed E-state index contributed by atoms with van der Waals surface area (Å²) in [5, 5.41) is 0. The molecule has 0 heterocycles. The molecule has 0 aliphatic carbocycles. The van der Waals surface area contributed by atoms with E-state index in [1.54, 1.807) is 0 Å². The largest absolute Gasteiger partial charge is 0.462 e. The summed E-state index contributed by atoms with van der Waals surface area (Å²) < 4.78 is 16.8. The van der Waals surface area contributed by atoms with Crippen LogP contribution in [0.15, 0.2) is 72.9 Å². The van der Waals surface area contributed by atoms with Crippen molar-refractivity contribution in [2.75, 3.05) is 13.2 Å². The fourth-order valence-corrected chi connectivity index (χ4v) is 8.47. The summed E-state index contributed by atoms with van der Waals surface area (Å²) >= 11 is 0. The molecular weight excluding hydrogens is 865 g/mol. The van der Waals surface area contributed by atoms with Gasteiger partial charge in [0.25, 0.3) is 0 Å². The van der Waals surface area contributed by atoms with Gasteiger partial charge in [-0.25, -0.2) is 0 Å². The van der Waals surface area contributed by atoms with Crippen LogP contribution in [-0.4, -0.2) is 37.2 Å². The lowest BCUT2D eigenvalue weighted by molar-refractivity contribution is -0.167. The normalized spacial score (nSPS) is 12.6. The second kappa shape index (κ2) is 58.4. The van der Waals surface area contributed by atoms with Gasteiger partial charge in [-0.3, -0.25) is 14.4 Å². The summed E-state index contributed by atoms with van der Waals surface area (Å²) in [4.78, 5) is 38.1.